The van der Waals surface area contributed by atoms with Crippen LogP contribution >= 0.6 is 23.2 Å². The van der Waals surface area contributed by atoms with Crippen molar-refractivity contribution in [3.8, 4) is 11.5 Å². The number of carbonyl (C=O) groups excluding carboxylic acids is 1. The van der Waals surface area contributed by atoms with Crippen LogP contribution in [0.4, 0.5) is 11.4 Å². The molecule has 32 heavy (non-hydrogen) atoms. The maximum absolute atomic E-state index is 13.4. The predicted octanol–water partition coefficient (Wildman–Crippen LogP) is 4.60. The molecule has 0 unspecified atom stereocenters. The third kappa shape index (κ3) is 4.34. The topological polar surface area (TPSA) is 84.9 Å². The number of hydrogen-bond donors (Lipinski definition) is 1. The summed E-state index contributed by atoms with van der Waals surface area (Å²) in [4.78, 5) is 13.1. The minimum Gasteiger partial charge on any atom is -0.495 e. The zero-order valence-corrected chi connectivity index (χ0v) is 19.1. The van der Waals surface area contributed by atoms with E-state index >= 15 is 0 Å². The van der Waals surface area contributed by atoms with E-state index in [-0.39, 0.29) is 17.2 Å². The summed E-state index contributed by atoms with van der Waals surface area (Å²) >= 11 is 11.9. The van der Waals surface area contributed by atoms with E-state index in [1.165, 1.54) is 37.4 Å². The second kappa shape index (κ2) is 8.90. The van der Waals surface area contributed by atoms with Gasteiger partial charge in [0.1, 0.15) is 11.5 Å². The molecule has 3 aromatic rings. The van der Waals surface area contributed by atoms with Crippen LogP contribution in [-0.4, -0.2) is 34.1 Å². The summed E-state index contributed by atoms with van der Waals surface area (Å²) in [6.07, 6.45) is -1.12. The Morgan fingerprint density at radius 2 is 1.75 bits per heavy atom. The number of carbonyl (C=O) groups is 1. The highest BCUT2D eigenvalue weighted by Gasteiger charge is 2.37. The Bertz CT molecular complexity index is 1270. The van der Waals surface area contributed by atoms with Gasteiger partial charge in [0.15, 0.2) is 6.10 Å². The first kappa shape index (κ1) is 22.3. The third-order valence-electron chi connectivity index (χ3n) is 4.85. The van der Waals surface area contributed by atoms with Crippen molar-refractivity contribution in [3.05, 3.63) is 76.8 Å². The number of amides is 1. The number of halogens is 2. The lowest BCUT2D eigenvalue weighted by Crippen LogP contribution is -2.48. The summed E-state index contributed by atoms with van der Waals surface area (Å²) in [5, 5.41) is 3.53. The van der Waals surface area contributed by atoms with E-state index in [0.717, 1.165) is 4.31 Å². The fraction of sp³-hybridized carbons (Fsp3) is 0.136. The summed E-state index contributed by atoms with van der Waals surface area (Å²) in [6.45, 7) is -0.226. The molecule has 1 amide bonds. The molecule has 0 bridgehead atoms. The average molecular weight is 493 g/mol. The van der Waals surface area contributed by atoms with Crippen LogP contribution in [0.3, 0.4) is 0 Å². The van der Waals surface area contributed by atoms with Crippen LogP contribution in [0.5, 0.6) is 11.5 Å². The Labute approximate surface area is 195 Å². The maximum atomic E-state index is 13.4. The fourth-order valence-electron chi connectivity index (χ4n) is 3.29. The van der Waals surface area contributed by atoms with Gasteiger partial charge in [-0.15, -0.1) is 0 Å². The Morgan fingerprint density at radius 1 is 1.06 bits per heavy atom. The number of rotatable bonds is 5. The molecule has 0 saturated heterocycles. The van der Waals surface area contributed by atoms with Gasteiger partial charge in [-0.05, 0) is 54.6 Å². The van der Waals surface area contributed by atoms with Crippen LogP contribution in [0.15, 0.2) is 71.6 Å². The number of fused-ring (bicyclic) bond motifs is 1. The lowest BCUT2D eigenvalue weighted by atomic mass is 10.2. The molecule has 4 rings (SSSR count). The van der Waals surface area contributed by atoms with Crippen LogP contribution in [0, 0.1) is 0 Å². The second-order valence-electron chi connectivity index (χ2n) is 6.90. The quantitative estimate of drug-likeness (QED) is 0.562. The molecule has 1 aliphatic rings. The highest BCUT2D eigenvalue weighted by atomic mass is 35.5. The van der Waals surface area contributed by atoms with Crippen molar-refractivity contribution >= 4 is 50.5 Å². The summed E-state index contributed by atoms with van der Waals surface area (Å²) in [5.41, 5.74) is 0.686. The molecule has 7 nitrogen and oxygen atoms in total. The zero-order valence-electron chi connectivity index (χ0n) is 16.8. The number of benzene rings is 3. The lowest BCUT2D eigenvalue weighted by Gasteiger charge is -2.34. The smallest absolute Gasteiger partial charge is 0.267 e. The van der Waals surface area contributed by atoms with Crippen LogP contribution in [0.1, 0.15) is 0 Å². The Kier molecular flexibility index (Phi) is 6.19. The van der Waals surface area contributed by atoms with Gasteiger partial charge in [0.05, 0.1) is 29.9 Å². The molecule has 0 saturated carbocycles. The van der Waals surface area contributed by atoms with Gasteiger partial charge in [-0.25, -0.2) is 8.42 Å². The number of methoxy groups -OCH3 is 1. The molecule has 0 aliphatic carbocycles. The fourth-order valence-corrected chi connectivity index (χ4v) is 5.07. The van der Waals surface area contributed by atoms with Crippen molar-refractivity contribution in [2.45, 2.75) is 11.0 Å². The van der Waals surface area contributed by atoms with Gasteiger partial charge < -0.3 is 14.8 Å². The molecule has 166 valence electrons. The summed E-state index contributed by atoms with van der Waals surface area (Å²) in [7, 11) is -2.52. The van der Waals surface area contributed by atoms with Crippen molar-refractivity contribution in [1.82, 2.24) is 0 Å². The third-order valence-corrected chi connectivity index (χ3v) is 7.13. The number of sulfonamides is 1. The SMILES string of the molecule is COc1ccc(Cl)cc1NC(=O)[C@H]1CN(S(=O)(=O)c2ccc(Cl)cc2)c2ccccc2O1. The summed E-state index contributed by atoms with van der Waals surface area (Å²) in [5.74, 6) is 0.135. The van der Waals surface area contributed by atoms with Crippen LogP contribution in [0.25, 0.3) is 0 Å². The van der Waals surface area contributed by atoms with Crippen molar-refractivity contribution in [3.63, 3.8) is 0 Å². The molecule has 0 fully saturated rings. The van der Waals surface area contributed by atoms with E-state index in [1.54, 1.807) is 36.4 Å². The van der Waals surface area contributed by atoms with Crippen LogP contribution in [-0.2, 0) is 14.8 Å². The van der Waals surface area contributed by atoms with Gasteiger partial charge in [0.25, 0.3) is 15.9 Å². The first-order chi connectivity index (χ1) is 15.3. The van der Waals surface area contributed by atoms with Gasteiger partial charge in [-0.2, -0.15) is 0 Å². The van der Waals surface area contributed by atoms with E-state index in [4.69, 9.17) is 32.7 Å². The number of ether oxygens (including phenoxy) is 2. The van der Waals surface area contributed by atoms with E-state index < -0.39 is 22.0 Å². The van der Waals surface area contributed by atoms with Gasteiger partial charge >= 0.3 is 0 Å². The molecule has 1 atom stereocenters. The van der Waals surface area contributed by atoms with E-state index in [9.17, 15) is 13.2 Å². The first-order valence-electron chi connectivity index (χ1n) is 9.48. The average Bonchev–Trinajstić information content (AvgIpc) is 2.78. The Hall–Kier alpha value is -2.94. The van der Waals surface area contributed by atoms with Gasteiger partial charge in [-0.3, -0.25) is 9.10 Å². The highest BCUT2D eigenvalue weighted by Crippen LogP contribution is 2.37. The molecule has 0 spiro atoms. The van der Waals surface area contributed by atoms with Crippen molar-refractivity contribution < 1.29 is 22.7 Å². The number of nitrogens with zero attached hydrogens (tertiary/aromatic N) is 1. The van der Waals surface area contributed by atoms with E-state index in [1.807, 2.05) is 0 Å². The minimum absolute atomic E-state index is 0.0503. The molecule has 0 radical (unpaired) electrons. The van der Waals surface area contributed by atoms with Crippen molar-refractivity contribution in [2.75, 3.05) is 23.3 Å². The first-order valence-corrected chi connectivity index (χ1v) is 11.7. The molecular formula is C22H18Cl2N2O5S. The number of anilines is 2. The highest BCUT2D eigenvalue weighted by molar-refractivity contribution is 7.92. The lowest BCUT2D eigenvalue weighted by molar-refractivity contribution is -0.122. The van der Waals surface area contributed by atoms with Crippen LogP contribution in [0.2, 0.25) is 10.0 Å². The van der Waals surface area contributed by atoms with Gasteiger partial charge in [0.2, 0.25) is 0 Å². The van der Waals surface area contributed by atoms with Crippen molar-refractivity contribution in [2.24, 2.45) is 0 Å². The standard InChI is InChI=1S/C22H18Cl2N2O5S/c1-30-19-11-8-15(24)12-17(19)25-22(27)21-13-26(18-4-2-3-5-20(18)31-21)32(28,29)16-9-6-14(23)7-10-16/h2-12,21H,13H2,1H3,(H,25,27)/t21-/m1/s1. The summed E-state index contributed by atoms with van der Waals surface area (Å²) < 4.78 is 39.0. The summed E-state index contributed by atoms with van der Waals surface area (Å²) in [6, 6.07) is 17.2. The number of hydrogen-bond acceptors (Lipinski definition) is 5. The monoisotopic (exact) mass is 492 g/mol. The van der Waals surface area contributed by atoms with Crippen molar-refractivity contribution in [1.29, 1.82) is 0 Å². The zero-order chi connectivity index (χ0) is 22.9. The number of nitrogens with one attached hydrogen (secondary N) is 1. The molecule has 10 heteroatoms. The second-order valence-corrected chi connectivity index (χ2v) is 9.63. The van der Waals surface area contributed by atoms with Gasteiger partial charge in [-0.1, -0.05) is 35.3 Å². The molecule has 1 heterocycles. The molecule has 0 aromatic heterocycles. The molecular weight excluding hydrogens is 475 g/mol. The molecule has 3 aromatic carbocycles. The maximum Gasteiger partial charge on any atom is 0.267 e. The predicted molar refractivity (Wildman–Crippen MR) is 123 cm³/mol. The van der Waals surface area contributed by atoms with Crippen LogP contribution < -0.4 is 19.1 Å². The largest absolute Gasteiger partial charge is 0.495 e. The number of para-hydroxylation sites is 2. The van der Waals surface area contributed by atoms with Gasteiger partial charge in [0, 0.05) is 10.0 Å². The normalized spacial score (nSPS) is 15.5. The Balaban J connectivity index is 1.67. The Morgan fingerprint density at radius 3 is 2.47 bits per heavy atom. The molecule has 1 aliphatic heterocycles. The minimum atomic E-state index is -3.98. The van der Waals surface area contributed by atoms with E-state index in [0.29, 0.717) is 27.2 Å². The molecule has 1 N–H and O–H groups in total. The van der Waals surface area contributed by atoms with E-state index in [2.05, 4.69) is 5.32 Å².